The van der Waals surface area contributed by atoms with Gasteiger partial charge in [-0.15, -0.1) is 0 Å². The van der Waals surface area contributed by atoms with Gasteiger partial charge < -0.3 is 15.2 Å². The Kier molecular flexibility index (Phi) is 6.68. The van der Waals surface area contributed by atoms with E-state index < -0.39 is 12.0 Å². The van der Waals surface area contributed by atoms with Gasteiger partial charge in [0.2, 0.25) is 5.91 Å². The maximum absolute atomic E-state index is 12.1. The van der Waals surface area contributed by atoms with E-state index >= 15 is 0 Å². The van der Waals surface area contributed by atoms with E-state index in [9.17, 15) is 14.7 Å². The molecule has 0 saturated carbocycles. The Morgan fingerprint density at radius 1 is 1.43 bits per heavy atom. The number of hydrogen-bond acceptors (Lipinski definition) is 3. The number of methoxy groups -OCH3 is 1. The van der Waals surface area contributed by atoms with E-state index in [-0.39, 0.29) is 18.2 Å². The maximum atomic E-state index is 12.1. The fraction of sp³-hybridized carbons (Fsp3) is 0.467. The average Bonchev–Trinajstić information content (AvgIpc) is 2.44. The van der Waals surface area contributed by atoms with Gasteiger partial charge in [-0.2, -0.15) is 0 Å². The molecule has 2 atom stereocenters. The van der Waals surface area contributed by atoms with Crippen molar-refractivity contribution in [3.05, 3.63) is 28.2 Å². The Hall–Kier alpha value is -1.56. The summed E-state index contributed by atoms with van der Waals surface area (Å²) in [5, 5.41) is 11.8. The van der Waals surface area contributed by atoms with Crippen LogP contribution in [0.2, 0.25) is 0 Å². The molecule has 1 amide bonds. The number of rotatable bonds is 7. The van der Waals surface area contributed by atoms with Crippen LogP contribution in [0.1, 0.15) is 25.8 Å². The summed E-state index contributed by atoms with van der Waals surface area (Å²) in [6.07, 6.45) is 0.750. The van der Waals surface area contributed by atoms with Crippen molar-refractivity contribution in [1.82, 2.24) is 5.32 Å². The number of hydrogen-bond donors (Lipinski definition) is 2. The van der Waals surface area contributed by atoms with E-state index in [2.05, 4.69) is 21.2 Å². The predicted molar refractivity (Wildman–Crippen MR) is 83.4 cm³/mol. The van der Waals surface area contributed by atoms with E-state index in [1.807, 2.05) is 13.0 Å². The number of carboxylic acids is 1. The molecule has 0 saturated heterocycles. The lowest BCUT2D eigenvalue weighted by Gasteiger charge is -2.20. The first kappa shape index (κ1) is 17.5. The molecule has 21 heavy (non-hydrogen) atoms. The van der Waals surface area contributed by atoms with E-state index in [0.29, 0.717) is 17.7 Å². The van der Waals surface area contributed by atoms with Crippen molar-refractivity contribution in [2.45, 2.75) is 32.7 Å². The molecule has 0 aromatic heterocycles. The number of aliphatic carboxylic acids is 1. The number of carboxylic acid groups (broad SMARTS) is 1. The van der Waals surface area contributed by atoms with Crippen LogP contribution in [-0.2, 0) is 16.0 Å². The maximum Gasteiger partial charge on any atom is 0.326 e. The fourth-order valence-electron chi connectivity index (χ4n) is 1.97. The molecule has 2 unspecified atom stereocenters. The van der Waals surface area contributed by atoms with Crippen molar-refractivity contribution >= 4 is 27.8 Å². The lowest BCUT2D eigenvalue weighted by molar-refractivity contribution is -0.143. The van der Waals surface area contributed by atoms with Gasteiger partial charge in [-0.05, 0) is 24.1 Å². The molecule has 1 aromatic carbocycles. The number of carbonyl (C=O) groups excluding carboxylic acids is 1. The monoisotopic (exact) mass is 357 g/mol. The van der Waals surface area contributed by atoms with Crippen LogP contribution in [0.25, 0.3) is 0 Å². The molecule has 0 aliphatic heterocycles. The topological polar surface area (TPSA) is 75.6 Å². The average molecular weight is 358 g/mol. The van der Waals surface area contributed by atoms with Crippen molar-refractivity contribution in [2.24, 2.45) is 5.92 Å². The predicted octanol–water partition coefficient (Wildman–Crippen LogP) is 2.62. The van der Waals surface area contributed by atoms with Crippen LogP contribution < -0.4 is 10.1 Å². The minimum absolute atomic E-state index is 0.0722. The Morgan fingerprint density at radius 2 is 2.10 bits per heavy atom. The highest BCUT2D eigenvalue weighted by Crippen LogP contribution is 2.23. The molecule has 0 fully saturated rings. The first-order valence-corrected chi connectivity index (χ1v) is 7.52. The second kappa shape index (κ2) is 8.02. The molecule has 0 spiro atoms. The van der Waals surface area contributed by atoms with Gasteiger partial charge in [0.1, 0.15) is 11.8 Å². The molecule has 116 valence electrons. The lowest BCUT2D eigenvalue weighted by atomic mass is 9.99. The quantitative estimate of drug-likeness (QED) is 0.786. The van der Waals surface area contributed by atoms with E-state index in [1.165, 1.54) is 7.11 Å². The molecule has 2 N–H and O–H groups in total. The molecule has 0 radical (unpaired) electrons. The van der Waals surface area contributed by atoms with Crippen molar-refractivity contribution in [3.8, 4) is 5.75 Å². The standard InChI is InChI=1S/C15H20BrNO4/c1-4-9(2)14(15(19)20)17-13(18)8-10-7-11(16)5-6-12(10)21-3/h5-7,9,14H,4,8H2,1-3H3,(H,17,18)(H,19,20). The summed E-state index contributed by atoms with van der Waals surface area (Å²) in [6.45, 7) is 3.70. The van der Waals surface area contributed by atoms with Crippen LogP contribution in [0.5, 0.6) is 5.75 Å². The van der Waals surface area contributed by atoms with Crippen LogP contribution in [0.3, 0.4) is 0 Å². The number of nitrogens with one attached hydrogen (secondary N) is 1. The fourth-order valence-corrected chi connectivity index (χ4v) is 2.37. The summed E-state index contributed by atoms with van der Waals surface area (Å²) in [5.41, 5.74) is 0.706. The number of carbonyl (C=O) groups is 2. The zero-order chi connectivity index (χ0) is 16.0. The second-order valence-corrected chi connectivity index (χ2v) is 5.82. The third-order valence-electron chi connectivity index (χ3n) is 3.39. The third kappa shape index (κ3) is 5.04. The summed E-state index contributed by atoms with van der Waals surface area (Å²) >= 11 is 3.34. The van der Waals surface area contributed by atoms with Gasteiger partial charge in [0.15, 0.2) is 0 Å². The molecular formula is C15H20BrNO4. The minimum atomic E-state index is -1.01. The SMILES string of the molecule is CCC(C)C(NC(=O)Cc1cc(Br)ccc1OC)C(=O)O. The number of halogens is 1. The molecule has 0 bridgehead atoms. The molecule has 1 rings (SSSR count). The van der Waals surface area contributed by atoms with Crippen molar-refractivity contribution in [2.75, 3.05) is 7.11 Å². The van der Waals surface area contributed by atoms with Gasteiger partial charge in [-0.3, -0.25) is 4.79 Å². The molecule has 5 nitrogen and oxygen atoms in total. The van der Waals surface area contributed by atoms with Gasteiger partial charge in [0.25, 0.3) is 0 Å². The van der Waals surface area contributed by atoms with Crippen LogP contribution in [0.15, 0.2) is 22.7 Å². The second-order valence-electron chi connectivity index (χ2n) is 4.90. The van der Waals surface area contributed by atoms with Gasteiger partial charge >= 0.3 is 5.97 Å². The Balaban J connectivity index is 2.81. The van der Waals surface area contributed by atoms with Crippen LogP contribution in [0.4, 0.5) is 0 Å². The van der Waals surface area contributed by atoms with Gasteiger partial charge in [-0.25, -0.2) is 4.79 Å². The molecule has 0 aliphatic carbocycles. The molecule has 1 aromatic rings. The summed E-state index contributed by atoms with van der Waals surface area (Å²) in [5.74, 6) is -0.877. The molecular weight excluding hydrogens is 338 g/mol. The van der Waals surface area contributed by atoms with Gasteiger partial charge in [-0.1, -0.05) is 36.2 Å². The molecule has 6 heteroatoms. The van der Waals surface area contributed by atoms with Crippen molar-refractivity contribution in [3.63, 3.8) is 0 Å². The summed E-state index contributed by atoms with van der Waals surface area (Å²) in [7, 11) is 1.53. The minimum Gasteiger partial charge on any atom is -0.496 e. The largest absolute Gasteiger partial charge is 0.496 e. The number of ether oxygens (including phenoxy) is 1. The summed E-state index contributed by atoms with van der Waals surface area (Å²) in [6, 6.07) is 4.49. The van der Waals surface area contributed by atoms with Crippen LogP contribution in [-0.4, -0.2) is 30.1 Å². The third-order valence-corrected chi connectivity index (χ3v) is 3.88. The van der Waals surface area contributed by atoms with Crippen molar-refractivity contribution in [1.29, 1.82) is 0 Å². The van der Waals surface area contributed by atoms with Gasteiger partial charge in [0.05, 0.1) is 13.5 Å². The van der Waals surface area contributed by atoms with E-state index in [1.54, 1.807) is 19.1 Å². The first-order chi connectivity index (χ1) is 9.88. The van der Waals surface area contributed by atoms with Gasteiger partial charge in [0, 0.05) is 10.0 Å². The zero-order valence-corrected chi connectivity index (χ0v) is 13.9. The number of benzene rings is 1. The smallest absolute Gasteiger partial charge is 0.326 e. The molecule has 0 heterocycles. The van der Waals surface area contributed by atoms with Crippen molar-refractivity contribution < 1.29 is 19.4 Å². The number of amides is 1. The Bertz CT molecular complexity index is 518. The Morgan fingerprint density at radius 3 is 2.62 bits per heavy atom. The zero-order valence-electron chi connectivity index (χ0n) is 12.4. The lowest BCUT2D eigenvalue weighted by Crippen LogP contribution is -2.45. The highest BCUT2D eigenvalue weighted by atomic mass is 79.9. The molecule has 0 aliphatic rings. The normalized spacial score (nSPS) is 13.3. The van der Waals surface area contributed by atoms with Crippen LogP contribution in [0, 0.1) is 5.92 Å². The Labute approximate surface area is 132 Å². The summed E-state index contributed by atoms with van der Waals surface area (Å²) in [4.78, 5) is 23.3. The van der Waals surface area contributed by atoms with Crippen LogP contribution >= 0.6 is 15.9 Å². The first-order valence-electron chi connectivity index (χ1n) is 6.73. The highest BCUT2D eigenvalue weighted by Gasteiger charge is 2.25. The van der Waals surface area contributed by atoms with E-state index in [4.69, 9.17) is 4.74 Å². The van der Waals surface area contributed by atoms with E-state index in [0.717, 1.165) is 4.47 Å². The summed E-state index contributed by atoms with van der Waals surface area (Å²) < 4.78 is 6.04. The highest BCUT2D eigenvalue weighted by molar-refractivity contribution is 9.10.